The lowest BCUT2D eigenvalue weighted by Gasteiger charge is -2.38. The first-order valence-electron chi connectivity index (χ1n) is 10.6. The van der Waals surface area contributed by atoms with E-state index >= 15 is 0 Å². The number of anilines is 3. The molecule has 2 aromatic heterocycles. The van der Waals surface area contributed by atoms with Gasteiger partial charge in [0.15, 0.2) is 11.6 Å². The van der Waals surface area contributed by atoms with Crippen molar-refractivity contribution in [2.24, 2.45) is 15.7 Å². The van der Waals surface area contributed by atoms with Crippen LogP contribution in [0.4, 0.5) is 23.0 Å². The van der Waals surface area contributed by atoms with Crippen molar-refractivity contribution in [1.29, 1.82) is 0 Å². The predicted molar refractivity (Wildman–Crippen MR) is 115 cm³/mol. The smallest absolute Gasteiger partial charge is 0.282 e. The molecule has 0 radical (unpaired) electrons. The quantitative estimate of drug-likeness (QED) is 0.655. The predicted octanol–water partition coefficient (Wildman–Crippen LogP) is 1.52. The molecule has 156 valence electrons. The van der Waals surface area contributed by atoms with Crippen LogP contribution in [0, 0.1) is 0 Å². The number of hydrogen-bond acceptors (Lipinski definition) is 9. The second-order valence-corrected chi connectivity index (χ2v) is 8.33. The highest BCUT2D eigenvalue weighted by Crippen LogP contribution is 2.41. The van der Waals surface area contributed by atoms with Crippen LogP contribution in [0.25, 0.3) is 0 Å². The average molecular weight is 407 g/mol. The van der Waals surface area contributed by atoms with Gasteiger partial charge in [-0.2, -0.15) is 5.10 Å². The number of amidine groups is 2. The Kier molecular flexibility index (Phi) is 3.87. The molecule has 10 nitrogen and oxygen atoms in total. The van der Waals surface area contributed by atoms with Gasteiger partial charge in [0.25, 0.3) is 6.02 Å². The van der Waals surface area contributed by atoms with Gasteiger partial charge in [-0.25, -0.2) is 9.98 Å². The zero-order chi connectivity index (χ0) is 20.1. The molecule has 0 amide bonds. The van der Waals surface area contributed by atoms with Crippen LogP contribution in [-0.2, 0) is 11.2 Å². The molecule has 0 unspecified atom stereocenters. The molecule has 4 aliphatic rings. The fourth-order valence-corrected chi connectivity index (χ4v) is 4.84. The molecule has 4 N–H and O–H groups in total. The summed E-state index contributed by atoms with van der Waals surface area (Å²) in [5.41, 5.74) is 8.80. The molecule has 1 spiro atoms. The van der Waals surface area contributed by atoms with Crippen LogP contribution < -0.4 is 16.0 Å². The maximum absolute atomic E-state index is 5.73. The van der Waals surface area contributed by atoms with E-state index < -0.39 is 0 Å². The standard InChI is InChI=1S/C20H25N9O/c21-19-25-20(12-30-19)5-9-28(10-6-20)15-11-23-16-17(24-15)26-27-18(16)29-8-2-3-13-14(29)4-1-7-22-13/h1,4,7,23H,2-3,5-6,8-12H2,(H2,21,25)(H,26,27). The number of likely N-dealkylation sites (tertiary alicyclic amines) is 1. The molecule has 0 bridgehead atoms. The summed E-state index contributed by atoms with van der Waals surface area (Å²) in [5.74, 6) is 2.71. The zero-order valence-electron chi connectivity index (χ0n) is 16.8. The fourth-order valence-electron chi connectivity index (χ4n) is 4.84. The number of aliphatic imine (C=N–C) groups is 2. The van der Waals surface area contributed by atoms with E-state index in [0.29, 0.717) is 19.2 Å². The van der Waals surface area contributed by atoms with E-state index in [1.165, 1.54) is 0 Å². The summed E-state index contributed by atoms with van der Waals surface area (Å²) in [6.07, 6.45) is 5.77. The number of nitrogens with one attached hydrogen (secondary N) is 2. The lowest BCUT2D eigenvalue weighted by Crippen LogP contribution is -2.48. The number of aromatic amines is 1. The first kappa shape index (κ1) is 17.5. The van der Waals surface area contributed by atoms with E-state index in [0.717, 1.165) is 79.9 Å². The van der Waals surface area contributed by atoms with Crippen molar-refractivity contribution in [1.82, 2.24) is 20.1 Å². The molecule has 6 heterocycles. The molecule has 0 aromatic carbocycles. The van der Waals surface area contributed by atoms with E-state index in [2.05, 4.69) is 41.4 Å². The number of pyridine rings is 1. The first-order chi connectivity index (χ1) is 14.7. The Morgan fingerprint density at radius 1 is 1.20 bits per heavy atom. The van der Waals surface area contributed by atoms with Crippen molar-refractivity contribution < 1.29 is 4.74 Å². The van der Waals surface area contributed by atoms with E-state index in [1.807, 2.05) is 12.3 Å². The summed E-state index contributed by atoms with van der Waals surface area (Å²) >= 11 is 0. The molecule has 1 saturated heterocycles. The third kappa shape index (κ3) is 2.78. The summed E-state index contributed by atoms with van der Waals surface area (Å²) in [6.45, 7) is 3.98. The van der Waals surface area contributed by atoms with Gasteiger partial charge in [-0.1, -0.05) is 0 Å². The van der Waals surface area contributed by atoms with Crippen LogP contribution in [0.5, 0.6) is 0 Å². The summed E-state index contributed by atoms with van der Waals surface area (Å²) in [5, 5.41) is 11.3. The van der Waals surface area contributed by atoms with E-state index in [1.54, 1.807) is 0 Å². The molecule has 6 rings (SSSR count). The number of rotatable bonds is 1. The average Bonchev–Trinajstić information content (AvgIpc) is 3.37. The number of nitrogens with two attached hydrogens (primary N) is 1. The van der Waals surface area contributed by atoms with Gasteiger partial charge in [-0.15, -0.1) is 0 Å². The number of piperidine rings is 1. The monoisotopic (exact) mass is 407 g/mol. The molecule has 0 saturated carbocycles. The summed E-state index contributed by atoms with van der Waals surface area (Å²) in [6, 6.07) is 4.42. The lowest BCUT2D eigenvalue weighted by atomic mass is 9.89. The minimum atomic E-state index is -0.148. The van der Waals surface area contributed by atoms with Crippen LogP contribution in [0.15, 0.2) is 28.3 Å². The lowest BCUT2D eigenvalue weighted by molar-refractivity contribution is 0.175. The van der Waals surface area contributed by atoms with Crippen molar-refractivity contribution in [3.8, 4) is 0 Å². The number of fused-ring (bicyclic) bond motifs is 2. The number of aryl methyl sites for hydroxylation is 1. The second-order valence-electron chi connectivity index (χ2n) is 8.33. The van der Waals surface area contributed by atoms with Gasteiger partial charge in [-0.05, 0) is 37.8 Å². The number of ether oxygens (including phenoxy) is 1. The van der Waals surface area contributed by atoms with Crippen molar-refractivity contribution >= 4 is 34.9 Å². The van der Waals surface area contributed by atoms with Crippen LogP contribution in [0.3, 0.4) is 0 Å². The molecule has 30 heavy (non-hydrogen) atoms. The zero-order valence-corrected chi connectivity index (χ0v) is 16.8. The van der Waals surface area contributed by atoms with Gasteiger partial charge < -0.3 is 25.6 Å². The first-order valence-corrected chi connectivity index (χ1v) is 10.6. The highest BCUT2D eigenvalue weighted by Gasteiger charge is 2.40. The van der Waals surface area contributed by atoms with Crippen LogP contribution in [-0.4, -0.2) is 70.3 Å². The molecule has 4 aliphatic heterocycles. The highest BCUT2D eigenvalue weighted by molar-refractivity contribution is 5.96. The Morgan fingerprint density at radius 3 is 2.93 bits per heavy atom. The third-order valence-electron chi connectivity index (χ3n) is 6.50. The topological polar surface area (TPSA) is 120 Å². The summed E-state index contributed by atoms with van der Waals surface area (Å²) in [4.78, 5) is 18.5. The Labute approximate surface area is 174 Å². The number of H-pyrrole nitrogens is 1. The van der Waals surface area contributed by atoms with E-state index in [-0.39, 0.29) is 5.54 Å². The molecule has 1 fully saturated rings. The van der Waals surface area contributed by atoms with Crippen molar-refractivity contribution in [3.63, 3.8) is 0 Å². The maximum Gasteiger partial charge on any atom is 0.282 e. The molecule has 2 aromatic rings. The Hall–Kier alpha value is -3.30. The summed E-state index contributed by atoms with van der Waals surface area (Å²) in [7, 11) is 0. The number of hydrogen-bond donors (Lipinski definition) is 3. The minimum Gasteiger partial charge on any atom is -0.463 e. The Morgan fingerprint density at radius 2 is 2.10 bits per heavy atom. The molecule has 0 atom stereocenters. The number of nitrogens with zero attached hydrogens (tertiary/aromatic N) is 6. The minimum absolute atomic E-state index is 0.148. The van der Waals surface area contributed by atoms with E-state index in [9.17, 15) is 0 Å². The normalized spacial score (nSPS) is 22.0. The summed E-state index contributed by atoms with van der Waals surface area (Å²) < 4.78 is 5.40. The Balaban J connectivity index is 1.23. The molecular formula is C20H25N9O. The van der Waals surface area contributed by atoms with Crippen LogP contribution in [0.2, 0.25) is 0 Å². The van der Waals surface area contributed by atoms with Crippen molar-refractivity contribution in [2.45, 2.75) is 31.2 Å². The highest BCUT2D eigenvalue weighted by atomic mass is 16.5. The second kappa shape index (κ2) is 6.61. The van der Waals surface area contributed by atoms with Gasteiger partial charge in [-0.3, -0.25) is 10.1 Å². The largest absolute Gasteiger partial charge is 0.463 e. The maximum atomic E-state index is 5.73. The molecule has 10 heteroatoms. The van der Waals surface area contributed by atoms with Gasteiger partial charge in [0, 0.05) is 25.8 Å². The fraction of sp³-hybridized carbons (Fsp3) is 0.500. The van der Waals surface area contributed by atoms with Crippen LogP contribution >= 0.6 is 0 Å². The SMILES string of the molecule is NC1=NC2(CCN(C3=Nc4[nH]nc(N5CCCc6ncccc65)c4NC3)CC2)CO1. The van der Waals surface area contributed by atoms with E-state index in [4.69, 9.17) is 15.5 Å². The molecular weight excluding hydrogens is 382 g/mol. The van der Waals surface area contributed by atoms with Gasteiger partial charge in [0.2, 0.25) is 0 Å². The molecule has 0 aliphatic carbocycles. The van der Waals surface area contributed by atoms with Crippen molar-refractivity contribution in [2.75, 3.05) is 43.0 Å². The third-order valence-corrected chi connectivity index (χ3v) is 6.50. The van der Waals surface area contributed by atoms with Gasteiger partial charge >= 0.3 is 0 Å². The van der Waals surface area contributed by atoms with Gasteiger partial charge in [0.1, 0.15) is 23.7 Å². The Bertz CT molecular complexity index is 1030. The van der Waals surface area contributed by atoms with Crippen LogP contribution in [0.1, 0.15) is 25.0 Å². The van der Waals surface area contributed by atoms with Crippen molar-refractivity contribution in [3.05, 3.63) is 24.0 Å². The van der Waals surface area contributed by atoms with Gasteiger partial charge in [0.05, 0.1) is 17.9 Å². The number of aromatic nitrogens is 3.